The predicted molar refractivity (Wildman–Crippen MR) is 76.6 cm³/mol. The summed E-state index contributed by atoms with van der Waals surface area (Å²) < 4.78 is 5.72. The first-order chi connectivity index (χ1) is 9.10. The lowest BCUT2D eigenvalue weighted by Gasteiger charge is -2.33. The Bertz CT molecular complexity index is 445. The van der Waals surface area contributed by atoms with Crippen molar-refractivity contribution in [3.8, 4) is 0 Å². The van der Waals surface area contributed by atoms with Crippen molar-refractivity contribution in [3.63, 3.8) is 0 Å². The molecule has 1 unspecified atom stereocenters. The van der Waals surface area contributed by atoms with Crippen molar-refractivity contribution in [1.29, 1.82) is 0 Å². The summed E-state index contributed by atoms with van der Waals surface area (Å²) in [6.45, 7) is 3.77. The summed E-state index contributed by atoms with van der Waals surface area (Å²) >= 11 is 12.0. The van der Waals surface area contributed by atoms with Crippen LogP contribution < -0.4 is 0 Å². The molecule has 1 heterocycles. The van der Waals surface area contributed by atoms with Gasteiger partial charge in [-0.2, -0.15) is 0 Å². The van der Waals surface area contributed by atoms with E-state index in [4.69, 9.17) is 27.9 Å². The SMILES string of the molecule is CCCC(=O)N1CCOC(c2cc(Cl)cc(Cl)c2)C1. The van der Waals surface area contributed by atoms with E-state index in [2.05, 4.69) is 0 Å². The van der Waals surface area contributed by atoms with Crippen LogP contribution in [0.25, 0.3) is 0 Å². The van der Waals surface area contributed by atoms with Gasteiger partial charge in [0.15, 0.2) is 0 Å². The molecule has 19 heavy (non-hydrogen) atoms. The highest BCUT2D eigenvalue weighted by Crippen LogP contribution is 2.28. The highest BCUT2D eigenvalue weighted by Gasteiger charge is 2.25. The molecule has 0 aliphatic carbocycles. The van der Waals surface area contributed by atoms with Gasteiger partial charge in [0.2, 0.25) is 5.91 Å². The monoisotopic (exact) mass is 301 g/mol. The van der Waals surface area contributed by atoms with E-state index in [0.29, 0.717) is 36.2 Å². The van der Waals surface area contributed by atoms with Gasteiger partial charge < -0.3 is 9.64 Å². The van der Waals surface area contributed by atoms with Crippen LogP contribution in [0, 0.1) is 0 Å². The van der Waals surface area contributed by atoms with Gasteiger partial charge in [-0.05, 0) is 30.2 Å². The zero-order valence-corrected chi connectivity index (χ0v) is 12.4. The van der Waals surface area contributed by atoms with Crippen LogP contribution in [-0.4, -0.2) is 30.5 Å². The van der Waals surface area contributed by atoms with E-state index >= 15 is 0 Å². The highest BCUT2D eigenvalue weighted by atomic mass is 35.5. The third-order valence-corrected chi connectivity index (χ3v) is 3.58. The number of benzene rings is 1. The van der Waals surface area contributed by atoms with Gasteiger partial charge in [-0.3, -0.25) is 4.79 Å². The number of morpholine rings is 1. The number of amides is 1. The summed E-state index contributed by atoms with van der Waals surface area (Å²) in [5, 5.41) is 1.17. The Hall–Kier alpha value is -0.770. The van der Waals surface area contributed by atoms with Crippen LogP contribution in [0.3, 0.4) is 0 Å². The molecule has 0 saturated carbocycles. The third-order valence-electron chi connectivity index (χ3n) is 3.14. The van der Waals surface area contributed by atoms with Gasteiger partial charge in [-0.15, -0.1) is 0 Å². The number of carbonyl (C=O) groups is 1. The highest BCUT2D eigenvalue weighted by molar-refractivity contribution is 6.34. The Morgan fingerprint density at radius 3 is 2.68 bits per heavy atom. The second-order valence-electron chi connectivity index (χ2n) is 4.65. The van der Waals surface area contributed by atoms with E-state index in [1.54, 1.807) is 6.07 Å². The van der Waals surface area contributed by atoms with E-state index < -0.39 is 0 Å². The molecule has 0 spiro atoms. The molecular formula is C14H17Cl2NO2. The molecule has 0 N–H and O–H groups in total. The fourth-order valence-electron chi connectivity index (χ4n) is 2.21. The van der Waals surface area contributed by atoms with Crippen LogP contribution in [0.1, 0.15) is 31.4 Å². The van der Waals surface area contributed by atoms with Crippen LogP contribution in [0.4, 0.5) is 0 Å². The topological polar surface area (TPSA) is 29.5 Å². The molecule has 0 radical (unpaired) electrons. The Labute approximate surface area is 123 Å². The molecule has 1 saturated heterocycles. The number of hydrogen-bond donors (Lipinski definition) is 0. The number of hydrogen-bond acceptors (Lipinski definition) is 2. The van der Waals surface area contributed by atoms with Crippen LogP contribution in [0.15, 0.2) is 18.2 Å². The molecule has 1 aliphatic heterocycles. The van der Waals surface area contributed by atoms with Crippen molar-refractivity contribution in [3.05, 3.63) is 33.8 Å². The Kier molecular flexibility index (Phi) is 5.08. The van der Waals surface area contributed by atoms with Crippen LogP contribution >= 0.6 is 23.2 Å². The second-order valence-corrected chi connectivity index (χ2v) is 5.52. The minimum Gasteiger partial charge on any atom is -0.370 e. The lowest BCUT2D eigenvalue weighted by molar-refractivity contribution is -0.139. The second kappa shape index (κ2) is 6.60. The quantitative estimate of drug-likeness (QED) is 0.852. The standard InChI is InChI=1S/C14H17Cl2NO2/c1-2-3-14(18)17-4-5-19-13(9-17)10-6-11(15)8-12(16)7-10/h6-8,13H,2-5,9H2,1H3. The van der Waals surface area contributed by atoms with Gasteiger partial charge in [-0.1, -0.05) is 30.1 Å². The smallest absolute Gasteiger partial charge is 0.222 e. The molecule has 1 atom stereocenters. The lowest BCUT2D eigenvalue weighted by atomic mass is 10.1. The van der Waals surface area contributed by atoms with Gasteiger partial charge in [-0.25, -0.2) is 0 Å². The largest absolute Gasteiger partial charge is 0.370 e. The first-order valence-corrected chi connectivity index (χ1v) is 7.21. The molecular weight excluding hydrogens is 285 g/mol. The first kappa shape index (κ1) is 14.6. The van der Waals surface area contributed by atoms with Gasteiger partial charge >= 0.3 is 0 Å². The van der Waals surface area contributed by atoms with Gasteiger partial charge in [0, 0.05) is 23.0 Å². The molecule has 1 amide bonds. The average Bonchev–Trinajstić information content (AvgIpc) is 2.38. The van der Waals surface area contributed by atoms with Crippen molar-refractivity contribution < 1.29 is 9.53 Å². The van der Waals surface area contributed by atoms with Crippen molar-refractivity contribution >= 4 is 29.1 Å². The van der Waals surface area contributed by atoms with Crippen molar-refractivity contribution in [1.82, 2.24) is 4.90 Å². The molecule has 104 valence electrons. The number of halogens is 2. The van der Waals surface area contributed by atoms with Crippen LogP contribution in [-0.2, 0) is 9.53 Å². The van der Waals surface area contributed by atoms with Crippen molar-refractivity contribution in [2.75, 3.05) is 19.7 Å². The van der Waals surface area contributed by atoms with E-state index in [9.17, 15) is 4.79 Å². The zero-order valence-electron chi connectivity index (χ0n) is 10.9. The molecule has 0 bridgehead atoms. The average molecular weight is 302 g/mol. The van der Waals surface area contributed by atoms with E-state index in [-0.39, 0.29) is 12.0 Å². The van der Waals surface area contributed by atoms with Crippen molar-refractivity contribution in [2.45, 2.75) is 25.9 Å². The summed E-state index contributed by atoms with van der Waals surface area (Å²) in [4.78, 5) is 13.8. The van der Waals surface area contributed by atoms with E-state index in [1.165, 1.54) is 0 Å². The molecule has 3 nitrogen and oxygen atoms in total. The summed E-state index contributed by atoms with van der Waals surface area (Å²) in [6.07, 6.45) is 1.30. The minimum atomic E-state index is -0.147. The maximum Gasteiger partial charge on any atom is 0.222 e. The summed E-state index contributed by atoms with van der Waals surface area (Å²) in [5.74, 6) is 0.184. The number of rotatable bonds is 3. The minimum absolute atomic E-state index is 0.147. The zero-order chi connectivity index (χ0) is 13.8. The van der Waals surface area contributed by atoms with Crippen LogP contribution in [0.5, 0.6) is 0 Å². The van der Waals surface area contributed by atoms with Gasteiger partial charge in [0.25, 0.3) is 0 Å². The maximum absolute atomic E-state index is 11.9. The molecule has 1 fully saturated rings. The lowest BCUT2D eigenvalue weighted by Crippen LogP contribution is -2.42. The molecule has 0 aromatic heterocycles. The third kappa shape index (κ3) is 3.85. The molecule has 1 aliphatic rings. The van der Waals surface area contributed by atoms with E-state index in [1.807, 2.05) is 24.0 Å². The van der Waals surface area contributed by atoms with E-state index in [0.717, 1.165) is 12.0 Å². The Balaban J connectivity index is 2.10. The Morgan fingerprint density at radius 1 is 1.37 bits per heavy atom. The molecule has 5 heteroatoms. The molecule has 1 aromatic rings. The summed E-state index contributed by atoms with van der Waals surface area (Å²) in [6, 6.07) is 5.37. The number of ether oxygens (including phenoxy) is 1. The van der Waals surface area contributed by atoms with Gasteiger partial charge in [0.05, 0.1) is 13.2 Å². The maximum atomic E-state index is 11.9. The summed E-state index contributed by atoms with van der Waals surface area (Å²) in [5.41, 5.74) is 0.923. The first-order valence-electron chi connectivity index (χ1n) is 6.45. The Morgan fingerprint density at radius 2 is 2.05 bits per heavy atom. The summed E-state index contributed by atoms with van der Waals surface area (Å²) in [7, 11) is 0. The molecule has 1 aromatic carbocycles. The number of nitrogens with zero attached hydrogens (tertiary/aromatic N) is 1. The fourth-order valence-corrected chi connectivity index (χ4v) is 2.75. The molecule has 2 rings (SSSR count). The van der Waals surface area contributed by atoms with Gasteiger partial charge in [0.1, 0.15) is 6.10 Å². The number of carbonyl (C=O) groups excluding carboxylic acids is 1. The predicted octanol–water partition coefficient (Wildman–Crippen LogP) is 3.69. The van der Waals surface area contributed by atoms with Crippen molar-refractivity contribution in [2.24, 2.45) is 0 Å². The fraction of sp³-hybridized carbons (Fsp3) is 0.500. The van der Waals surface area contributed by atoms with Crippen LogP contribution in [0.2, 0.25) is 10.0 Å². The normalized spacial score (nSPS) is 19.5.